The van der Waals surface area contributed by atoms with Gasteiger partial charge in [-0.05, 0) is 12.8 Å². The predicted molar refractivity (Wildman–Crippen MR) is 68.4 cm³/mol. The molecule has 0 heterocycles. The number of nitrogens with one attached hydrogen (secondary N) is 1. The van der Waals surface area contributed by atoms with Crippen molar-refractivity contribution in [2.24, 2.45) is 0 Å². The second kappa shape index (κ2) is 6.63. The predicted octanol–water partition coefficient (Wildman–Crippen LogP) is -0.0703. The van der Waals surface area contributed by atoms with Crippen molar-refractivity contribution in [3.05, 3.63) is 0 Å². The lowest BCUT2D eigenvalue weighted by Gasteiger charge is -2.17. The van der Waals surface area contributed by atoms with Crippen LogP contribution in [-0.2, 0) is 14.4 Å². The highest BCUT2D eigenvalue weighted by Gasteiger charge is 2.29. The SMILES string of the molecule is CC(=O)N[C@@H](CSCC(=O)N(C)C1CC1)C(=O)O. The number of aliphatic carboxylic acids is 1. The number of hydrogen-bond acceptors (Lipinski definition) is 4. The summed E-state index contributed by atoms with van der Waals surface area (Å²) in [7, 11) is 1.77. The molecule has 0 spiro atoms. The molecule has 1 saturated carbocycles. The van der Waals surface area contributed by atoms with Crippen LogP contribution in [0.2, 0.25) is 0 Å². The van der Waals surface area contributed by atoms with Gasteiger partial charge in [0, 0.05) is 25.8 Å². The van der Waals surface area contributed by atoms with Gasteiger partial charge >= 0.3 is 5.97 Å². The Morgan fingerprint density at radius 1 is 1.44 bits per heavy atom. The first-order valence-corrected chi connectivity index (χ1v) is 6.90. The Bertz CT molecular complexity index is 344. The Kier molecular flexibility index (Phi) is 5.46. The molecule has 1 aliphatic rings. The molecule has 1 aliphatic carbocycles. The number of nitrogens with zero attached hydrogens (tertiary/aromatic N) is 1. The minimum absolute atomic E-state index is 0.00876. The van der Waals surface area contributed by atoms with E-state index in [-0.39, 0.29) is 23.3 Å². The molecule has 0 aromatic heterocycles. The monoisotopic (exact) mass is 274 g/mol. The molecule has 6 nitrogen and oxygen atoms in total. The van der Waals surface area contributed by atoms with Gasteiger partial charge in [-0.25, -0.2) is 4.79 Å². The third-order valence-electron chi connectivity index (χ3n) is 2.67. The third kappa shape index (κ3) is 4.95. The average Bonchev–Trinajstić information content (AvgIpc) is 3.09. The molecule has 102 valence electrons. The van der Waals surface area contributed by atoms with Gasteiger partial charge in [-0.15, -0.1) is 11.8 Å². The van der Waals surface area contributed by atoms with E-state index >= 15 is 0 Å². The van der Waals surface area contributed by atoms with Crippen LogP contribution in [0, 0.1) is 0 Å². The van der Waals surface area contributed by atoms with Gasteiger partial charge in [-0.2, -0.15) is 0 Å². The van der Waals surface area contributed by atoms with E-state index in [9.17, 15) is 14.4 Å². The van der Waals surface area contributed by atoms with Crippen LogP contribution in [-0.4, -0.2) is 58.4 Å². The van der Waals surface area contributed by atoms with E-state index in [1.54, 1.807) is 11.9 Å². The lowest BCUT2D eigenvalue weighted by molar-refractivity contribution is -0.140. The van der Waals surface area contributed by atoms with Crippen molar-refractivity contribution in [2.75, 3.05) is 18.6 Å². The van der Waals surface area contributed by atoms with Gasteiger partial charge < -0.3 is 15.3 Å². The summed E-state index contributed by atoms with van der Waals surface area (Å²) in [6, 6.07) is -0.574. The first-order valence-electron chi connectivity index (χ1n) is 5.75. The lowest BCUT2D eigenvalue weighted by atomic mass is 10.3. The largest absolute Gasteiger partial charge is 0.480 e. The molecule has 0 radical (unpaired) electrons. The molecule has 0 aromatic carbocycles. The van der Waals surface area contributed by atoms with Crippen LogP contribution in [0.1, 0.15) is 19.8 Å². The number of carboxylic acids is 1. The smallest absolute Gasteiger partial charge is 0.327 e. The summed E-state index contributed by atoms with van der Waals surface area (Å²) in [4.78, 5) is 35.0. The topological polar surface area (TPSA) is 86.7 Å². The summed E-state index contributed by atoms with van der Waals surface area (Å²) >= 11 is 1.23. The third-order valence-corrected chi connectivity index (χ3v) is 3.69. The summed E-state index contributed by atoms with van der Waals surface area (Å²) in [5.74, 6) is -1.02. The standard InChI is InChI=1S/C11H18N2O4S/c1-7(14)12-9(11(16)17)5-18-6-10(15)13(2)8-3-4-8/h8-9H,3-6H2,1-2H3,(H,12,14)(H,16,17)/t9-/m0/s1. The summed E-state index contributed by atoms with van der Waals surface area (Å²) in [6.45, 7) is 1.27. The van der Waals surface area contributed by atoms with Crippen molar-refractivity contribution in [1.82, 2.24) is 10.2 Å². The minimum Gasteiger partial charge on any atom is -0.480 e. The van der Waals surface area contributed by atoms with Crippen molar-refractivity contribution in [3.63, 3.8) is 0 Å². The van der Waals surface area contributed by atoms with Gasteiger partial charge in [0.1, 0.15) is 6.04 Å². The van der Waals surface area contributed by atoms with Gasteiger partial charge in [-0.1, -0.05) is 0 Å². The Hall–Kier alpha value is -1.24. The number of carbonyl (C=O) groups excluding carboxylic acids is 2. The highest BCUT2D eigenvalue weighted by atomic mass is 32.2. The van der Waals surface area contributed by atoms with E-state index in [2.05, 4.69) is 5.32 Å². The van der Waals surface area contributed by atoms with E-state index in [1.807, 2.05) is 0 Å². The number of carbonyl (C=O) groups is 3. The molecule has 1 rings (SSSR count). The zero-order chi connectivity index (χ0) is 13.7. The first-order chi connectivity index (χ1) is 8.41. The van der Waals surface area contributed by atoms with Crippen molar-refractivity contribution in [2.45, 2.75) is 31.8 Å². The summed E-state index contributed by atoms with van der Waals surface area (Å²) in [6.07, 6.45) is 2.10. The molecule has 0 saturated heterocycles. The molecular weight excluding hydrogens is 256 g/mol. The highest BCUT2D eigenvalue weighted by Crippen LogP contribution is 2.25. The van der Waals surface area contributed by atoms with Crippen molar-refractivity contribution < 1.29 is 19.5 Å². The lowest BCUT2D eigenvalue weighted by Crippen LogP contribution is -2.41. The molecule has 2 amide bonds. The van der Waals surface area contributed by atoms with E-state index in [4.69, 9.17) is 5.11 Å². The molecule has 0 aromatic rings. The van der Waals surface area contributed by atoms with Crippen LogP contribution in [0.5, 0.6) is 0 Å². The van der Waals surface area contributed by atoms with Crippen molar-refractivity contribution in [3.8, 4) is 0 Å². The Morgan fingerprint density at radius 2 is 2.06 bits per heavy atom. The van der Waals surface area contributed by atoms with Gasteiger partial charge in [0.25, 0.3) is 0 Å². The zero-order valence-electron chi connectivity index (χ0n) is 10.5. The van der Waals surface area contributed by atoms with Crippen molar-refractivity contribution >= 4 is 29.5 Å². The minimum atomic E-state index is -1.08. The highest BCUT2D eigenvalue weighted by molar-refractivity contribution is 8.00. The van der Waals surface area contributed by atoms with Crippen LogP contribution in [0.25, 0.3) is 0 Å². The van der Waals surface area contributed by atoms with Gasteiger partial charge in [0.2, 0.25) is 11.8 Å². The van der Waals surface area contributed by atoms with Crippen molar-refractivity contribution in [1.29, 1.82) is 0 Å². The van der Waals surface area contributed by atoms with E-state index in [0.717, 1.165) is 12.8 Å². The molecule has 1 fully saturated rings. The number of thioether (sulfide) groups is 1. The zero-order valence-corrected chi connectivity index (χ0v) is 11.3. The summed E-state index contributed by atoms with van der Waals surface area (Å²) in [5, 5.41) is 11.2. The van der Waals surface area contributed by atoms with Gasteiger partial charge in [0.15, 0.2) is 0 Å². The summed E-state index contributed by atoms with van der Waals surface area (Å²) in [5.41, 5.74) is 0. The van der Waals surface area contributed by atoms with E-state index in [1.165, 1.54) is 18.7 Å². The molecule has 7 heteroatoms. The second-order valence-corrected chi connectivity index (χ2v) is 5.37. The molecule has 0 bridgehead atoms. The normalized spacial score (nSPS) is 15.9. The molecule has 18 heavy (non-hydrogen) atoms. The molecule has 2 N–H and O–H groups in total. The van der Waals surface area contributed by atoms with Crippen LogP contribution in [0.15, 0.2) is 0 Å². The fourth-order valence-corrected chi connectivity index (χ4v) is 2.41. The Balaban J connectivity index is 2.27. The van der Waals surface area contributed by atoms with Crippen LogP contribution < -0.4 is 5.32 Å². The number of rotatable bonds is 7. The van der Waals surface area contributed by atoms with Crippen LogP contribution in [0.4, 0.5) is 0 Å². The number of amides is 2. The van der Waals surface area contributed by atoms with Crippen LogP contribution >= 0.6 is 11.8 Å². The Morgan fingerprint density at radius 3 is 2.50 bits per heavy atom. The quantitative estimate of drug-likeness (QED) is 0.678. The second-order valence-electron chi connectivity index (χ2n) is 4.34. The molecular formula is C11H18N2O4S. The fourth-order valence-electron chi connectivity index (χ4n) is 1.45. The molecule has 1 atom stereocenters. The first kappa shape index (κ1) is 14.8. The molecule has 0 aliphatic heterocycles. The maximum Gasteiger partial charge on any atom is 0.327 e. The number of carboxylic acid groups (broad SMARTS) is 1. The van der Waals surface area contributed by atoms with Gasteiger partial charge in [-0.3, -0.25) is 9.59 Å². The number of hydrogen-bond donors (Lipinski definition) is 2. The van der Waals surface area contributed by atoms with Crippen LogP contribution in [0.3, 0.4) is 0 Å². The van der Waals surface area contributed by atoms with E-state index < -0.39 is 12.0 Å². The Labute approximate surface area is 110 Å². The maximum atomic E-state index is 11.7. The van der Waals surface area contributed by atoms with Gasteiger partial charge in [0.05, 0.1) is 5.75 Å². The summed E-state index contributed by atoms with van der Waals surface area (Å²) < 4.78 is 0. The maximum absolute atomic E-state index is 11.7. The molecule has 0 unspecified atom stereocenters. The van der Waals surface area contributed by atoms with E-state index in [0.29, 0.717) is 6.04 Å². The fraction of sp³-hybridized carbons (Fsp3) is 0.727. The average molecular weight is 274 g/mol.